The summed E-state index contributed by atoms with van der Waals surface area (Å²) in [6.07, 6.45) is 3.47. The first-order valence-corrected chi connectivity index (χ1v) is 7.46. The van der Waals surface area contributed by atoms with Crippen LogP contribution in [0.25, 0.3) is 0 Å². The van der Waals surface area contributed by atoms with Crippen LogP contribution in [-0.4, -0.2) is 16.7 Å². The molecule has 1 amide bonds. The molecular formula is C14H21N3O2S. The summed E-state index contributed by atoms with van der Waals surface area (Å²) >= 11 is 1.44. The van der Waals surface area contributed by atoms with Crippen LogP contribution < -0.4 is 4.67 Å². The molecule has 6 heteroatoms. The van der Waals surface area contributed by atoms with Gasteiger partial charge in [0.15, 0.2) is 0 Å². The van der Waals surface area contributed by atoms with Gasteiger partial charge < -0.3 is 4.74 Å². The number of nitriles is 1. The first-order valence-electron chi connectivity index (χ1n) is 6.69. The summed E-state index contributed by atoms with van der Waals surface area (Å²) < 4.78 is 7.61. The van der Waals surface area contributed by atoms with Crippen LogP contribution in [0, 0.1) is 11.3 Å². The summed E-state index contributed by atoms with van der Waals surface area (Å²) in [6, 6.07) is 2.13. The van der Waals surface area contributed by atoms with Crippen LogP contribution in [0.1, 0.15) is 46.1 Å². The van der Waals surface area contributed by atoms with Gasteiger partial charge in [0, 0.05) is 23.7 Å². The Morgan fingerprint density at radius 3 is 2.80 bits per heavy atom. The Bertz CT molecular complexity index is 558. The highest BCUT2D eigenvalue weighted by Gasteiger charge is 2.16. The maximum Gasteiger partial charge on any atom is 0.434 e. The minimum atomic E-state index is -0.558. The number of rotatable bonds is 4. The first kappa shape index (κ1) is 16.4. The monoisotopic (exact) mass is 295 g/mol. The predicted octanol–water partition coefficient (Wildman–Crippen LogP) is 3.21. The molecular weight excluding hydrogens is 274 g/mol. The van der Waals surface area contributed by atoms with Gasteiger partial charge in [-0.25, -0.2) is 4.79 Å². The van der Waals surface area contributed by atoms with E-state index in [1.807, 2.05) is 6.20 Å². The molecule has 1 aromatic rings. The summed E-state index contributed by atoms with van der Waals surface area (Å²) in [5.41, 5.74) is 0.935. The molecule has 0 aromatic carbocycles. The van der Waals surface area contributed by atoms with Crippen molar-refractivity contribution in [3.63, 3.8) is 0 Å². The Morgan fingerprint density at radius 2 is 2.25 bits per heavy atom. The smallest absolute Gasteiger partial charge is 0.434 e. The van der Waals surface area contributed by atoms with Crippen LogP contribution in [0.2, 0.25) is 0 Å². The first-order chi connectivity index (χ1) is 9.38. The lowest BCUT2D eigenvalue weighted by atomic mass is 10.1. The molecule has 0 aliphatic rings. The van der Waals surface area contributed by atoms with Crippen LogP contribution in [0.5, 0.6) is 0 Å². The third-order valence-corrected chi connectivity index (χ3v) is 3.97. The van der Waals surface area contributed by atoms with Crippen molar-refractivity contribution in [2.24, 2.45) is 4.99 Å². The van der Waals surface area contributed by atoms with Crippen molar-refractivity contribution in [3.05, 3.63) is 16.4 Å². The van der Waals surface area contributed by atoms with E-state index in [1.165, 1.54) is 11.5 Å². The fourth-order valence-electron chi connectivity index (χ4n) is 1.57. The summed E-state index contributed by atoms with van der Waals surface area (Å²) in [5.74, 6) is 0. The zero-order chi connectivity index (χ0) is 15.2. The molecule has 1 heterocycles. The lowest BCUT2D eigenvalue weighted by Gasteiger charge is -2.19. The number of amides is 1. The maximum atomic E-state index is 11.5. The van der Waals surface area contributed by atoms with Crippen molar-refractivity contribution in [2.75, 3.05) is 6.61 Å². The molecule has 0 unspecified atom stereocenters. The summed E-state index contributed by atoms with van der Waals surface area (Å²) in [6.45, 7) is 8.35. The zero-order valence-electron chi connectivity index (χ0n) is 12.5. The second-order valence-corrected chi connectivity index (χ2v) is 6.33. The molecule has 0 N–H and O–H groups in total. The Kier molecular flexibility index (Phi) is 5.96. The predicted molar refractivity (Wildman–Crippen MR) is 78.4 cm³/mol. The van der Waals surface area contributed by atoms with E-state index in [4.69, 9.17) is 10.00 Å². The van der Waals surface area contributed by atoms with E-state index in [-0.39, 0.29) is 5.54 Å². The van der Waals surface area contributed by atoms with Gasteiger partial charge in [-0.15, -0.1) is 0 Å². The van der Waals surface area contributed by atoms with Crippen molar-refractivity contribution in [1.29, 1.82) is 5.26 Å². The van der Waals surface area contributed by atoms with Gasteiger partial charge >= 0.3 is 6.09 Å². The third-order valence-electron chi connectivity index (χ3n) is 2.59. The molecule has 0 bridgehead atoms. The van der Waals surface area contributed by atoms with Crippen molar-refractivity contribution in [3.8, 4) is 6.07 Å². The van der Waals surface area contributed by atoms with Gasteiger partial charge in [0.25, 0.3) is 0 Å². The average molecular weight is 295 g/mol. The van der Waals surface area contributed by atoms with Crippen LogP contribution in [0.4, 0.5) is 4.79 Å². The lowest BCUT2D eigenvalue weighted by Crippen LogP contribution is -2.18. The summed E-state index contributed by atoms with van der Waals surface area (Å²) in [5, 5.41) is 8.61. The summed E-state index contributed by atoms with van der Waals surface area (Å²) in [7, 11) is 0. The quantitative estimate of drug-likeness (QED) is 0.801. The number of nitrogens with zero attached hydrogens (tertiary/aromatic N) is 3. The Morgan fingerprint density at radius 1 is 1.55 bits per heavy atom. The number of aromatic nitrogens is 1. The average Bonchev–Trinajstić information content (AvgIpc) is 2.73. The van der Waals surface area contributed by atoms with E-state index < -0.39 is 6.09 Å². The maximum absolute atomic E-state index is 11.5. The standard InChI is InChI=1S/C14H21N3O2S/c1-5-19-13(18)16-12-11(8-6-7-9-15)10-17(20-12)14(2,3)4/h10H,5-8H2,1-4H3. The van der Waals surface area contributed by atoms with Gasteiger partial charge in [-0.05, 0) is 52.1 Å². The van der Waals surface area contributed by atoms with Crippen LogP contribution in [0.15, 0.2) is 11.2 Å². The van der Waals surface area contributed by atoms with Crippen LogP contribution in [0.3, 0.4) is 0 Å². The fraction of sp³-hybridized carbons (Fsp3) is 0.643. The van der Waals surface area contributed by atoms with Gasteiger partial charge in [0.05, 0.1) is 12.7 Å². The van der Waals surface area contributed by atoms with Crippen molar-refractivity contribution >= 4 is 17.6 Å². The Hall–Kier alpha value is -1.61. The minimum Gasteiger partial charge on any atom is -0.448 e. The topological polar surface area (TPSA) is 67.4 Å². The van der Waals surface area contributed by atoms with E-state index in [1.54, 1.807) is 6.92 Å². The highest BCUT2D eigenvalue weighted by atomic mass is 32.1. The van der Waals surface area contributed by atoms with Gasteiger partial charge in [-0.2, -0.15) is 10.3 Å². The molecule has 1 aromatic heterocycles. The third kappa shape index (κ3) is 4.82. The molecule has 5 nitrogen and oxygen atoms in total. The second kappa shape index (κ2) is 7.25. The van der Waals surface area contributed by atoms with E-state index >= 15 is 0 Å². The molecule has 110 valence electrons. The van der Waals surface area contributed by atoms with E-state index in [0.717, 1.165) is 18.4 Å². The molecule has 0 radical (unpaired) electrons. The van der Waals surface area contributed by atoms with Crippen molar-refractivity contribution < 1.29 is 9.53 Å². The number of carbonyl (C=O) groups excluding carboxylic acids is 1. The number of unbranched alkanes of at least 4 members (excludes halogenated alkanes) is 1. The number of aryl methyl sites for hydroxylation is 1. The largest absolute Gasteiger partial charge is 0.448 e. The lowest BCUT2D eigenvalue weighted by molar-refractivity contribution is 0.162. The molecule has 20 heavy (non-hydrogen) atoms. The van der Waals surface area contributed by atoms with E-state index in [2.05, 4.69) is 35.8 Å². The van der Waals surface area contributed by atoms with E-state index in [9.17, 15) is 4.79 Å². The van der Waals surface area contributed by atoms with Crippen LogP contribution in [-0.2, 0) is 16.7 Å². The Balaban J connectivity index is 3.09. The summed E-state index contributed by atoms with van der Waals surface area (Å²) in [4.78, 5) is 15.5. The molecule has 0 saturated carbocycles. The number of hydrogen-bond donors (Lipinski definition) is 0. The van der Waals surface area contributed by atoms with Gasteiger partial charge in [0.2, 0.25) is 0 Å². The number of carbonyl (C=O) groups is 1. The van der Waals surface area contributed by atoms with Crippen molar-refractivity contribution in [1.82, 2.24) is 3.96 Å². The molecule has 1 rings (SSSR count). The van der Waals surface area contributed by atoms with E-state index in [0.29, 0.717) is 17.7 Å². The highest BCUT2D eigenvalue weighted by molar-refractivity contribution is 7.04. The molecule has 0 aliphatic carbocycles. The molecule has 0 fully saturated rings. The zero-order valence-corrected chi connectivity index (χ0v) is 13.3. The second-order valence-electron chi connectivity index (χ2n) is 5.37. The number of hydrogen-bond acceptors (Lipinski definition) is 4. The van der Waals surface area contributed by atoms with Gasteiger partial charge in [-0.1, -0.05) is 0 Å². The normalized spacial score (nSPS) is 12.2. The molecule has 0 spiro atoms. The molecule has 0 aliphatic heterocycles. The fourth-order valence-corrected chi connectivity index (χ4v) is 2.59. The van der Waals surface area contributed by atoms with Gasteiger partial charge in [-0.3, -0.25) is 3.96 Å². The molecule has 0 atom stereocenters. The highest BCUT2D eigenvalue weighted by Crippen LogP contribution is 2.17. The number of ether oxygens (including phenoxy) is 1. The molecule has 0 saturated heterocycles. The SMILES string of the molecule is CCOC(=O)N=c1sn(C(C)(C)C)cc1CCCC#N. The van der Waals surface area contributed by atoms with Crippen LogP contribution >= 0.6 is 11.5 Å². The van der Waals surface area contributed by atoms with Crippen molar-refractivity contribution in [2.45, 2.75) is 52.5 Å². The minimum absolute atomic E-state index is 0.0585. The Labute approximate surface area is 123 Å². The van der Waals surface area contributed by atoms with Gasteiger partial charge in [0.1, 0.15) is 4.67 Å².